The molecule has 6 aliphatic heterocycles. The lowest BCUT2D eigenvalue weighted by molar-refractivity contribution is -0.124. The summed E-state index contributed by atoms with van der Waals surface area (Å²) in [5.74, 6) is -6.92. The van der Waals surface area contributed by atoms with Crippen LogP contribution < -0.4 is 50.8 Å². The van der Waals surface area contributed by atoms with Crippen LogP contribution in [0.3, 0.4) is 0 Å². The van der Waals surface area contributed by atoms with Gasteiger partial charge in [0.1, 0.15) is 36.0 Å². The second-order valence-electron chi connectivity index (χ2n) is 26.5. The Morgan fingerprint density at radius 2 is 1.43 bits per heavy atom. The molecule has 2 unspecified atom stereocenters. The lowest BCUT2D eigenvalue weighted by atomic mass is 9.55. The largest absolute Gasteiger partial charge is 0.472 e. The highest BCUT2D eigenvalue weighted by Crippen LogP contribution is 2.63. The molecule has 2 saturated heterocycles. The lowest BCUT2D eigenvalue weighted by Crippen LogP contribution is -2.56. The van der Waals surface area contributed by atoms with Crippen LogP contribution in [-0.4, -0.2) is 142 Å². The van der Waals surface area contributed by atoms with Gasteiger partial charge < -0.3 is 70.6 Å². The Morgan fingerprint density at radius 3 is 2.02 bits per heavy atom. The maximum Gasteiger partial charge on any atom is 0.472 e. The number of nitrogen functional groups attached to an aromatic ring is 1. The number of carbonyl (C=O) groups excluding carboxylic acids is 7. The van der Waals surface area contributed by atoms with Gasteiger partial charge in [0.2, 0.25) is 41.4 Å². The maximum atomic E-state index is 14.4. The first-order valence-electron chi connectivity index (χ1n) is 30.1. The molecule has 0 spiro atoms. The number of rotatable bonds is 26. The minimum atomic E-state index is -5.12. The zero-order chi connectivity index (χ0) is 66.7. The van der Waals surface area contributed by atoms with Crippen molar-refractivity contribution in [3.05, 3.63) is 46.5 Å². The van der Waals surface area contributed by atoms with Gasteiger partial charge in [0.15, 0.2) is 17.7 Å². The van der Waals surface area contributed by atoms with Gasteiger partial charge in [-0.25, -0.2) is 19.5 Å². The number of nitrogens with zero attached hydrogens (tertiary/aromatic N) is 7. The van der Waals surface area contributed by atoms with Gasteiger partial charge in [0.25, 0.3) is 0 Å². The van der Waals surface area contributed by atoms with E-state index >= 15 is 0 Å². The number of nitrogens with two attached hydrogens (primary N) is 7. The fourth-order valence-electron chi connectivity index (χ4n) is 15.2. The predicted molar refractivity (Wildman–Crippen MR) is 329 cm³/mol. The second kappa shape index (κ2) is 25.4. The van der Waals surface area contributed by atoms with Gasteiger partial charge in [-0.05, 0) is 77.5 Å². The van der Waals surface area contributed by atoms with Crippen LogP contribution in [0.25, 0.3) is 11.2 Å². The third-order valence-electron chi connectivity index (χ3n) is 20.0. The number of imidazole rings is 1. The number of allylic oxidation sites excluding steroid dienone is 6. The summed E-state index contributed by atoms with van der Waals surface area (Å²) in [4.78, 5) is 134. The van der Waals surface area contributed by atoms with E-state index in [1.165, 1.54) is 17.8 Å². The van der Waals surface area contributed by atoms with E-state index in [4.69, 9.17) is 68.9 Å². The molecule has 8 heterocycles. The third-order valence-corrected chi connectivity index (χ3v) is 21.1. The molecule has 19 N–H and O–H groups in total. The van der Waals surface area contributed by atoms with Crippen LogP contribution in [0, 0.1) is 52.3 Å². The monoisotopic (exact) mass is 1270 g/mol. The van der Waals surface area contributed by atoms with E-state index in [1.54, 1.807) is 6.92 Å². The van der Waals surface area contributed by atoms with Crippen molar-refractivity contribution in [1.29, 1.82) is 0 Å². The standard InChI is InChI=1S/C59H87N16O14P/c1-26(88-90(85,86)89-48-35(24-76)87-54(47(48)84)75-25-68-53-46(75)52(66)69-29(4)70-53)23-67-43(83)17-18-56(7)33(19-40(63)80)51-59(10)58(9,22-42(65)82)32(13-16-39(62)79)45(74-59)28(3)50-57(8,21-41(64)81)30(11-14-37(60)77)34(71-50)20-36-55(5,6)31(12-15-38(61)78)44(72-36)27(2)49(56)73-51/h20,25-26,30-33,35,47-48,51,54,71,76,84H,11-19,21-24H2,1-10H3,(H2,60,77)(H2,61,78)(H2,62,79)(H2,63,80)(H2,64,81)(H2,65,82)(H,67,83)(H,85,86)(H2,66,69,70)/b34-20-,44-27-,50-28-/t26-,30-,31-,32-,33+,35-,47-,48-,51?,54+,56-,57+,58+,59-/m1/s1. The van der Waals surface area contributed by atoms with E-state index in [-0.39, 0.29) is 94.2 Å². The van der Waals surface area contributed by atoms with Gasteiger partial charge in [-0.1, -0.05) is 34.6 Å². The van der Waals surface area contributed by atoms with E-state index in [0.717, 1.165) is 0 Å². The first kappa shape index (κ1) is 68.6. The van der Waals surface area contributed by atoms with Crippen LogP contribution in [0.15, 0.2) is 55.6 Å². The summed E-state index contributed by atoms with van der Waals surface area (Å²) in [7, 11) is -5.12. The normalized spacial score (nSPS) is 34.2. The number of carbonyl (C=O) groups is 7. The summed E-state index contributed by atoms with van der Waals surface area (Å²) in [5.41, 5.74) is 40.6. The number of hydrogen-bond donors (Lipinski definition) is 12. The minimum Gasteiger partial charge on any atom is -0.394 e. The number of hydrogen-bond acceptors (Lipinski definition) is 21. The molecular weight excluding hydrogens is 1190 g/mol. The van der Waals surface area contributed by atoms with E-state index in [0.29, 0.717) is 51.2 Å². The Balaban J connectivity index is 1.20. The van der Waals surface area contributed by atoms with Crippen LogP contribution >= 0.6 is 7.82 Å². The smallest absolute Gasteiger partial charge is 0.394 e. The summed E-state index contributed by atoms with van der Waals surface area (Å²) >= 11 is 0. The average Bonchev–Trinajstić information content (AvgIpc) is 1.53. The third kappa shape index (κ3) is 12.8. The number of aliphatic hydroxyl groups is 2. The minimum absolute atomic E-state index is 0.0182. The molecule has 0 aliphatic carbocycles. The molecule has 31 heteroatoms. The van der Waals surface area contributed by atoms with Crippen LogP contribution in [-0.2, 0) is 51.9 Å². The topological polar surface area (TPSA) is 512 Å². The van der Waals surface area contributed by atoms with Crippen LogP contribution in [0.4, 0.5) is 5.82 Å². The zero-order valence-electron chi connectivity index (χ0n) is 52.6. The molecule has 7 amide bonds. The number of phosphoric ester groups is 1. The van der Waals surface area contributed by atoms with Gasteiger partial charge in [-0.15, -0.1) is 0 Å². The van der Waals surface area contributed by atoms with Crippen molar-refractivity contribution in [3.63, 3.8) is 0 Å². The number of phosphoric acid groups is 1. The van der Waals surface area contributed by atoms with E-state index < -0.39 is 143 Å². The van der Waals surface area contributed by atoms with Crippen LogP contribution in [0.5, 0.6) is 0 Å². The predicted octanol–water partition coefficient (Wildman–Crippen LogP) is 1.23. The van der Waals surface area contributed by atoms with Crippen molar-refractivity contribution >= 4 is 83.3 Å². The molecule has 15 atom stereocenters. The Kier molecular flexibility index (Phi) is 19.3. The Hall–Kier alpha value is -7.34. The number of aryl methyl sites for hydroxylation is 1. The molecule has 8 rings (SSSR count). The number of aliphatic imine (C=N–C) groups is 3. The zero-order valence-corrected chi connectivity index (χ0v) is 53.5. The van der Waals surface area contributed by atoms with Gasteiger partial charge in [-0.2, -0.15) is 0 Å². The summed E-state index contributed by atoms with van der Waals surface area (Å²) in [5, 5.41) is 28.1. The Bertz CT molecular complexity index is 3540. The number of amides is 7. The number of ether oxygens (including phenoxy) is 1. The van der Waals surface area contributed by atoms with Gasteiger partial charge in [0.05, 0.1) is 24.3 Å². The first-order valence-corrected chi connectivity index (χ1v) is 31.6. The lowest BCUT2D eigenvalue weighted by Gasteiger charge is -2.48. The summed E-state index contributed by atoms with van der Waals surface area (Å²) in [6, 6.07) is -1.05. The molecule has 0 saturated carbocycles. The molecule has 0 radical (unpaired) electrons. The fraction of sp³-hybridized carbons (Fsp3) is 0.644. The van der Waals surface area contributed by atoms with E-state index in [1.807, 2.05) is 61.5 Å². The van der Waals surface area contributed by atoms with Crippen molar-refractivity contribution in [3.8, 4) is 0 Å². The highest BCUT2D eigenvalue weighted by atomic mass is 31.2. The fourth-order valence-corrected chi connectivity index (χ4v) is 16.4. The molecular formula is C59H87N16O14P. The van der Waals surface area contributed by atoms with E-state index in [9.17, 15) is 53.2 Å². The van der Waals surface area contributed by atoms with Crippen molar-refractivity contribution < 1.29 is 67.0 Å². The van der Waals surface area contributed by atoms with Crippen LogP contribution in [0.2, 0.25) is 0 Å². The molecule has 492 valence electrons. The number of primary amides is 6. The Labute approximate surface area is 520 Å². The summed E-state index contributed by atoms with van der Waals surface area (Å²) in [6.07, 6.45) is -5.01. The molecule has 2 aromatic rings. The SMILES string of the molecule is C/C1=C2N=C(/C=C3\N/C(=C(/C)C4=N[C@](C)(C5N=C1[C@](C)(CCC(=O)NC[C@@H](C)OP(=O)(O)O[C@H]1[C@@H](O)[C@@H](n6cnc7nc(C)nc(N)c76)O[C@@H]1CO)[C@H]5CC(N)=O)[C@@](C)(CC(N)=O)[C@@H]4CCC(N)=O)[C@@](C)(CC(N)=O)[C@@H]3CCC(N)=O)C(C)(C)[C@@H]/2CCC(N)=O. The molecule has 0 aromatic carbocycles. The summed E-state index contributed by atoms with van der Waals surface area (Å²) < 4.78 is 31.8. The van der Waals surface area contributed by atoms with Gasteiger partial charge >= 0.3 is 7.82 Å². The number of fused-ring (bicyclic) bond motifs is 7. The average molecular weight is 1280 g/mol. The number of anilines is 1. The molecule has 2 aromatic heterocycles. The highest BCUT2D eigenvalue weighted by molar-refractivity contribution is 7.47. The maximum absolute atomic E-state index is 14.4. The van der Waals surface area contributed by atoms with Crippen LogP contribution in [0.1, 0.15) is 145 Å². The molecule has 8 bridgehead atoms. The first-order chi connectivity index (χ1) is 41.8. The van der Waals surface area contributed by atoms with E-state index in [2.05, 4.69) is 25.6 Å². The molecule has 2 fully saturated rings. The van der Waals surface area contributed by atoms with Gasteiger partial charge in [-0.3, -0.25) is 62.2 Å². The van der Waals surface area contributed by atoms with Crippen molar-refractivity contribution in [2.75, 3.05) is 18.9 Å². The van der Waals surface area contributed by atoms with Gasteiger partial charge in [0, 0.05) is 131 Å². The highest BCUT2D eigenvalue weighted by Gasteiger charge is 2.66. The molecule has 6 aliphatic rings. The summed E-state index contributed by atoms with van der Waals surface area (Å²) in [6.45, 7) is 16.8. The number of aromatic nitrogens is 4. The second-order valence-corrected chi connectivity index (χ2v) is 27.8. The molecule has 30 nitrogen and oxygen atoms in total. The number of aliphatic hydroxyl groups excluding tert-OH is 2. The van der Waals surface area contributed by atoms with Crippen molar-refractivity contribution in [1.82, 2.24) is 30.2 Å². The quantitative estimate of drug-likeness (QED) is 0.0589. The number of nitrogens with one attached hydrogen (secondary N) is 2. The Morgan fingerprint density at radius 1 is 0.822 bits per heavy atom. The van der Waals surface area contributed by atoms with Crippen molar-refractivity contribution in [2.45, 2.75) is 182 Å². The van der Waals surface area contributed by atoms with Crippen molar-refractivity contribution in [2.24, 2.45) is 94.7 Å². The molecule has 90 heavy (non-hydrogen) atoms.